The van der Waals surface area contributed by atoms with Crippen LogP contribution in [0.4, 0.5) is 0 Å². The van der Waals surface area contributed by atoms with Crippen LogP contribution >= 0.6 is 0 Å². The monoisotopic (exact) mass is 656 g/mol. The van der Waals surface area contributed by atoms with Crippen LogP contribution in [0.1, 0.15) is 106 Å². The van der Waals surface area contributed by atoms with Crippen molar-refractivity contribution in [1.82, 2.24) is 0 Å². The number of allylic oxidation sites excluding steroid dienone is 1. The summed E-state index contributed by atoms with van der Waals surface area (Å²) in [4.78, 5) is 51.4. The van der Waals surface area contributed by atoms with E-state index in [9.17, 15) is 24.3 Å². The molecular weight excluding hydrogens is 604 g/mol. The van der Waals surface area contributed by atoms with E-state index in [1.807, 2.05) is 6.07 Å². The van der Waals surface area contributed by atoms with Crippen molar-refractivity contribution in [2.24, 2.45) is 39.4 Å². The van der Waals surface area contributed by atoms with E-state index in [1.165, 1.54) is 20.8 Å². The molecule has 5 rings (SSSR count). The third-order valence-electron chi connectivity index (χ3n) is 12.8. The van der Waals surface area contributed by atoms with Crippen LogP contribution in [0.25, 0.3) is 0 Å². The van der Waals surface area contributed by atoms with Crippen LogP contribution in [-0.4, -0.2) is 59.5 Å². The minimum Gasteiger partial charge on any atom is -0.472 e. The fourth-order valence-electron chi connectivity index (χ4n) is 10.5. The fourth-order valence-corrected chi connectivity index (χ4v) is 10.5. The lowest BCUT2D eigenvalue weighted by Gasteiger charge is -2.70. The first-order valence-electron chi connectivity index (χ1n) is 16.9. The number of rotatable bonds is 7. The number of carbonyl (C=O) groups excluding carboxylic acids is 4. The largest absolute Gasteiger partial charge is 0.472 e. The van der Waals surface area contributed by atoms with E-state index < -0.39 is 76.1 Å². The average molecular weight is 657 g/mol. The molecule has 0 aliphatic heterocycles. The molecule has 3 saturated carbocycles. The topological polar surface area (TPSA) is 139 Å². The molecule has 47 heavy (non-hydrogen) atoms. The van der Waals surface area contributed by atoms with Crippen LogP contribution in [-0.2, 0) is 38.1 Å². The van der Waals surface area contributed by atoms with Gasteiger partial charge in [-0.2, -0.15) is 0 Å². The summed E-state index contributed by atoms with van der Waals surface area (Å²) >= 11 is 0. The second-order valence-corrected chi connectivity index (χ2v) is 15.9. The molecule has 4 aliphatic rings. The molecule has 11 atom stereocenters. The van der Waals surface area contributed by atoms with Crippen LogP contribution < -0.4 is 0 Å². The standard InChI is InChI=1S/C37H52O10/c1-19(2)32(41)33(42)47-30-15-26-34(6,7)28(44-20(3)38)17-31(46-22(5)40)37(26,10)27-16-29(45-21(4)39)35(8)24(23-13-14-43-18-23)11-12-25(35)36(27,30)9/h12-14,18-19,24,26-32,41H,11,15-17H2,1-10H3/t24-,26+,27-,28-,29-,30-,31+,32+,35+,36+,37+/m1/s1. The van der Waals surface area contributed by atoms with Gasteiger partial charge in [0.2, 0.25) is 0 Å². The molecule has 0 amide bonds. The molecule has 0 aromatic carbocycles. The maximum absolute atomic E-state index is 13.6. The Morgan fingerprint density at radius 3 is 1.89 bits per heavy atom. The molecular formula is C37H52O10. The normalized spacial score (nSPS) is 39.4. The first-order chi connectivity index (χ1) is 21.8. The Bertz CT molecular complexity index is 1430. The number of esters is 4. The van der Waals surface area contributed by atoms with E-state index in [2.05, 4.69) is 40.7 Å². The van der Waals surface area contributed by atoms with Crippen LogP contribution in [0.5, 0.6) is 0 Å². The molecule has 0 bridgehead atoms. The number of furan rings is 1. The average Bonchev–Trinajstić information content (AvgIpc) is 3.61. The molecule has 260 valence electrons. The Balaban J connectivity index is 1.74. The van der Waals surface area contributed by atoms with Gasteiger partial charge in [0.15, 0.2) is 6.10 Å². The maximum Gasteiger partial charge on any atom is 0.335 e. The van der Waals surface area contributed by atoms with E-state index in [0.717, 1.165) is 11.1 Å². The SMILES string of the molecule is CC(=O)O[C@H]1C[C@@H](OC(C)=O)C(C)(C)[C@@H]2C[C@@H](OC(=O)[C@@H](O)C(C)C)[C@@]3(C)C4=CC[C@H](c5ccoc5)[C@]4(C)[C@H](OC(C)=O)C[C@H]3[C@@]12C. The summed E-state index contributed by atoms with van der Waals surface area (Å²) in [6, 6.07) is 1.94. The Kier molecular flexibility index (Phi) is 9.04. The van der Waals surface area contributed by atoms with Crippen LogP contribution in [0.2, 0.25) is 0 Å². The van der Waals surface area contributed by atoms with Crippen molar-refractivity contribution in [3.63, 3.8) is 0 Å². The van der Waals surface area contributed by atoms with Gasteiger partial charge < -0.3 is 28.5 Å². The second-order valence-electron chi connectivity index (χ2n) is 15.9. The molecule has 3 fully saturated rings. The summed E-state index contributed by atoms with van der Waals surface area (Å²) in [5.74, 6) is -2.95. The zero-order valence-electron chi connectivity index (χ0n) is 29.5. The Labute approximate surface area is 277 Å². The van der Waals surface area contributed by atoms with Gasteiger partial charge in [0.1, 0.15) is 24.4 Å². The number of hydrogen-bond donors (Lipinski definition) is 1. The van der Waals surface area contributed by atoms with E-state index in [0.29, 0.717) is 25.7 Å². The molecule has 0 spiro atoms. The molecule has 1 aromatic heterocycles. The molecule has 1 N–H and O–H groups in total. The lowest BCUT2D eigenvalue weighted by molar-refractivity contribution is -0.270. The first kappa shape index (κ1) is 35.2. The Hall–Kier alpha value is -3.14. The summed E-state index contributed by atoms with van der Waals surface area (Å²) in [6.07, 6.45) is 3.58. The summed E-state index contributed by atoms with van der Waals surface area (Å²) < 4.78 is 30.3. The predicted molar refractivity (Wildman–Crippen MR) is 170 cm³/mol. The van der Waals surface area contributed by atoms with Gasteiger partial charge in [-0.05, 0) is 48.6 Å². The third-order valence-corrected chi connectivity index (χ3v) is 12.8. The van der Waals surface area contributed by atoms with Crippen LogP contribution in [0.3, 0.4) is 0 Å². The van der Waals surface area contributed by atoms with Crippen LogP contribution in [0.15, 0.2) is 34.7 Å². The second kappa shape index (κ2) is 12.1. The number of ether oxygens (including phenoxy) is 4. The smallest absolute Gasteiger partial charge is 0.335 e. The number of aliphatic hydroxyl groups is 1. The van der Waals surface area contributed by atoms with Crippen molar-refractivity contribution in [2.75, 3.05) is 0 Å². The van der Waals surface area contributed by atoms with Crippen molar-refractivity contribution in [2.45, 2.75) is 131 Å². The number of aliphatic hydroxyl groups excluding tert-OH is 1. The van der Waals surface area contributed by atoms with Crippen molar-refractivity contribution < 1.29 is 47.6 Å². The minimum absolute atomic E-state index is 0.0677. The van der Waals surface area contributed by atoms with Gasteiger partial charge in [-0.1, -0.05) is 60.1 Å². The lowest BCUT2D eigenvalue weighted by Crippen LogP contribution is -2.72. The quantitative estimate of drug-likeness (QED) is 0.214. The van der Waals surface area contributed by atoms with Gasteiger partial charge >= 0.3 is 23.9 Å². The zero-order valence-corrected chi connectivity index (χ0v) is 29.5. The van der Waals surface area contributed by atoms with Crippen molar-refractivity contribution in [3.05, 3.63) is 35.8 Å². The molecule has 0 unspecified atom stereocenters. The summed E-state index contributed by atoms with van der Waals surface area (Å²) in [6.45, 7) is 18.2. The highest BCUT2D eigenvalue weighted by Gasteiger charge is 2.74. The fraction of sp³-hybridized carbons (Fsp3) is 0.730. The molecule has 0 saturated heterocycles. The molecule has 1 aromatic rings. The van der Waals surface area contributed by atoms with Crippen molar-refractivity contribution >= 4 is 23.9 Å². The van der Waals surface area contributed by atoms with Crippen molar-refractivity contribution in [1.29, 1.82) is 0 Å². The Morgan fingerprint density at radius 1 is 0.787 bits per heavy atom. The number of carbonyl (C=O) groups is 4. The highest BCUT2D eigenvalue weighted by Crippen LogP contribution is 2.74. The molecule has 1 heterocycles. The van der Waals surface area contributed by atoms with E-state index in [-0.39, 0.29) is 23.7 Å². The highest BCUT2D eigenvalue weighted by atomic mass is 16.6. The number of hydrogen-bond acceptors (Lipinski definition) is 10. The first-order valence-corrected chi connectivity index (χ1v) is 16.9. The van der Waals surface area contributed by atoms with Gasteiger partial charge in [-0.25, -0.2) is 4.79 Å². The highest BCUT2D eigenvalue weighted by molar-refractivity contribution is 5.75. The van der Waals surface area contributed by atoms with Gasteiger partial charge in [-0.15, -0.1) is 0 Å². The predicted octanol–water partition coefficient (Wildman–Crippen LogP) is 5.91. The summed E-state index contributed by atoms with van der Waals surface area (Å²) in [7, 11) is 0. The summed E-state index contributed by atoms with van der Waals surface area (Å²) in [5.41, 5.74) is -0.800. The number of fused-ring (bicyclic) bond motifs is 5. The van der Waals surface area contributed by atoms with Crippen LogP contribution in [0, 0.1) is 39.4 Å². The maximum atomic E-state index is 13.6. The van der Waals surface area contributed by atoms with Gasteiger partial charge in [-0.3, -0.25) is 14.4 Å². The van der Waals surface area contributed by atoms with E-state index >= 15 is 0 Å². The van der Waals surface area contributed by atoms with E-state index in [4.69, 9.17) is 23.4 Å². The minimum atomic E-state index is -1.31. The van der Waals surface area contributed by atoms with Crippen molar-refractivity contribution in [3.8, 4) is 0 Å². The molecule has 10 heteroatoms. The Morgan fingerprint density at radius 2 is 1.34 bits per heavy atom. The lowest BCUT2D eigenvalue weighted by atomic mass is 9.36. The van der Waals surface area contributed by atoms with Gasteiger partial charge in [0, 0.05) is 54.8 Å². The van der Waals surface area contributed by atoms with Gasteiger partial charge in [0.25, 0.3) is 0 Å². The third kappa shape index (κ3) is 5.42. The zero-order chi connectivity index (χ0) is 34.9. The summed E-state index contributed by atoms with van der Waals surface area (Å²) in [5, 5.41) is 10.8. The molecule has 4 aliphatic carbocycles. The van der Waals surface area contributed by atoms with E-state index in [1.54, 1.807) is 26.4 Å². The van der Waals surface area contributed by atoms with Gasteiger partial charge in [0.05, 0.1) is 12.5 Å². The molecule has 10 nitrogen and oxygen atoms in total. The molecule has 0 radical (unpaired) electrons.